The summed E-state index contributed by atoms with van der Waals surface area (Å²) in [5, 5.41) is 4.14. The lowest BCUT2D eigenvalue weighted by molar-refractivity contribution is 0.0526. The van der Waals surface area contributed by atoms with Gasteiger partial charge in [0.1, 0.15) is 5.82 Å². The molecule has 2 rings (SSSR count). The molecule has 21 heavy (non-hydrogen) atoms. The van der Waals surface area contributed by atoms with Crippen molar-refractivity contribution in [2.45, 2.75) is 26.8 Å². The van der Waals surface area contributed by atoms with Crippen LogP contribution in [0.4, 0.5) is 4.39 Å². The first-order valence-electron chi connectivity index (χ1n) is 6.71. The second kappa shape index (κ2) is 6.05. The number of esters is 1. The van der Waals surface area contributed by atoms with Crippen LogP contribution >= 0.6 is 0 Å². The van der Waals surface area contributed by atoms with Crippen LogP contribution in [0.25, 0.3) is 5.69 Å². The standard InChI is InChI=1S/C15H18FN3O2/c1-4-21-15(20)11-7-18-19(8-11)14-5-9(2)13(16)6-12(14)10(3)17/h5-8,10H,4,17H2,1-3H3/t10-/m1/s1. The van der Waals surface area contributed by atoms with Crippen molar-refractivity contribution in [3.05, 3.63) is 47.0 Å². The average molecular weight is 291 g/mol. The quantitative estimate of drug-likeness (QED) is 0.879. The number of aromatic nitrogens is 2. The number of ether oxygens (including phenoxy) is 1. The van der Waals surface area contributed by atoms with E-state index in [-0.39, 0.29) is 11.9 Å². The summed E-state index contributed by atoms with van der Waals surface area (Å²) in [4.78, 5) is 11.7. The van der Waals surface area contributed by atoms with Crippen LogP contribution in [0.2, 0.25) is 0 Å². The van der Waals surface area contributed by atoms with Crippen LogP contribution in [-0.4, -0.2) is 22.4 Å². The maximum atomic E-state index is 13.7. The Balaban J connectivity index is 2.47. The molecule has 0 bridgehead atoms. The molecule has 2 aromatic rings. The van der Waals surface area contributed by atoms with Gasteiger partial charge in [-0.25, -0.2) is 13.9 Å². The van der Waals surface area contributed by atoms with Crippen molar-refractivity contribution < 1.29 is 13.9 Å². The number of halogens is 1. The molecular formula is C15H18FN3O2. The minimum absolute atomic E-state index is 0.296. The molecule has 5 nitrogen and oxygen atoms in total. The molecule has 2 N–H and O–H groups in total. The lowest BCUT2D eigenvalue weighted by Crippen LogP contribution is -2.11. The average Bonchev–Trinajstić information content (AvgIpc) is 2.91. The van der Waals surface area contributed by atoms with Crippen molar-refractivity contribution in [1.29, 1.82) is 0 Å². The summed E-state index contributed by atoms with van der Waals surface area (Å²) in [6, 6.07) is 2.71. The van der Waals surface area contributed by atoms with Gasteiger partial charge in [-0.1, -0.05) is 0 Å². The second-order valence-electron chi connectivity index (χ2n) is 4.84. The van der Waals surface area contributed by atoms with E-state index in [4.69, 9.17) is 10.5 Å². The van der Waals surface area contributed by atoms with Gasteiger partial charge in [-0.2, -0.15) is 5.10 Å². The molecule has 0 saturated heterocycles. The first-order chi connectivity index (χ1) is 9.93. The molecule has 0 fully saturated rings. The topological polar surface area (TPSA) is 70.1 Å². The van der Waals surface area contributed by atoms with E-state index in [1.54, 1.807) is 33.0 Å². The monoisotopic (exact) mass is 291 g/mol. The molecule has 0 aliphatic heterocycles. The minimum Gasteiger partial charge on any atom is -0.462 e. The Hall–Kier alpha value is -2.21. The molecule has 0 radical (unpaired) electrons. The number of carbonyl (C=O) groups is 1. The zero-order valence-electron chi connectivity index (χ0n) is 12.3. The summed E-state index contributed by atoms with van der Waals surface area (Å²) in [6.07, 6.45) is 2.97. The van der Waals surface area contributed by atoms with Gasteiger partial charge in [0.2, 0.25) is 0 Å². The van der Waals surface area contributed by atoms with Crippen LogP contribution in [0.3, 0.4) is 0 Å². The highest BCUT2D eigenvalue weighted by Gasteiger charge is 2.15. The van der Waals surface area contributed by atoms with Gasteiger partial charge in [0.25, 0.3) is 0 Å². The zero-order valence-corrected chi connectivity index (χ0v) is 12.3. The van der Waals surface area contributed by atoms with Gasteiger partial charge in [-0.3, -0.25) is 0 Å². The lowest BCUT2D eigenvalue weighted by Gasteiger charge is -2.14. The first-order valence-corrected chi connectivity index (χ1v) is 6.71. The normalized spacial score (nSPS) is 12.2. The molecule has 112 valence electrons. The smallest absolute Gasteiger partial charge is 0.341 e. The molecule has 0 saturated carbocycles. The molecule has 1 aromatic heterocycles. The van der Waals surface area contributed by atoms with E-state index in [1.807, 2.05) is 0 Å². The Labute approximate surface area is 122 Å². The molecule has 0 aliphatic rings. The molecule has 0 spiro atoms. The number of benzene rings is 1. The minimum atomic E-state index is -0.440. The number of aryl methyl sites for hydroxylation is 1. The fraction of sp³-hybridized carbons (Fsp3) is 0.333. The van der Waals surface area contributed by atoms with Crippen LogP contribution in [0.15, 0.2) is 24.5 Å². The van der Waals surface area contributed by atoms with Crippen molar-refractivity contribution in [3.8, 4) is 5.69 Å². The van der Waals surface area contributed by atoms with Gasteiger partial charge >= 0.3 is 5.97 Å². The summed E-state index contributed by atoms with van der Waals surface area (Å²) in [7, 11) is 0. The van der Waals surface area contributed by atoms with Crippen molar-refractivity contribution in [3.63, 3.8) is 0 Å². The summed E-state index contributed by atoms with van der Waals surface area (Å²) in [5.41, 5.74) is 7.99. The van der Waals surface area contributed by atoms with Gasteiger partial charge in [0.15, 0.2) is 0 Å². The first kappa shape index (κ1) is 15.2. The Morgan fingerprint density at radius 1 is 1.52 bits per heavy atom. The van der Waals surface area contributed by atoms with E-state index in [9.17, 15) is 9.18 Å². The molecule has 0 aliphatic carbocycles. The van der Waals surface area contributed by atoms with Gasteiger partial charge < -0.3 is 10.5 Å². The Morgan fingerprint density at radius 3 is 2.86 bits per heavy atom. The third-order valence-electron chi connectivity index (χ3n) is 3.14. The predicted molar refractivity (Wildman–Crippen MR) is 76.8 cm³/mol. The number of nitrogens with two attached hydrogens (primary N) is 1. The molecule has 1 atom stereocenters. The van der Waals surface area contributed by atoms with Crippen LogP contribution in [0.1, 0.15) is 41.4 Å². The van der Waals surface area contributed by atoms with E-state index in [1.165, 1.54) is 16.9 Å². The molecule has 6 heteroatoms. The van der Waals surface area contributed by atoms with Gasteiger partial charge in [0, 0.05) is 12.2 Å². The lowest BCUT2D eigenvalue weighted by atomic mass is 10.0. The van der Waals surface area contributed by atoms with E-state index >= 15 is 0 Å². The SMILES string of the molecule is CCOC(=O)c1cnn(-c2cc(C)c(F)cc2[C@@H](C)N)c1. The highest BCUT2D eigenvalue weighted by Crippen LogP contribution is 2.24. The molecular weight excluding hydrogens is 273 g/mol. The van der Waals surface area contributed by atoms with Crippen molar-refractivity contribution in [1.82, 2.24) is 9.78 Å². The fourth-order valence-electron chi connectivity index (χ4n) is 2.02. The van der Waals surface area contributed by atoms with Gasteiger partial charge in [-0.05, 0) is 44.0 Å². The highest BCUT2D eigenvalue weighted by molar-refractivity contribution is 5.88. The number of carbonyl (C=O) groups excluding carboxylic acids is 1. The Kier molecular flexibility index (Phi) is 4.37. The predicted octanol–water partition coefficient (Wildman–Crippen LogP) is 2.52. The number of rotatable bonds is 4. The maximum absolute atomic E-state index is 13.7. The highest BCUT2D eigenvalue weighted by atomic mass is 19.1. The molecule has 0 unspecified atom stereocenters. The third-order valence-corrected chi connectivity index (χ3v) is 3.14. The van der Waals surface area contributed by atoms with Crippen molar-refractivity contribution >= 4 is 5.97 Å². The van der Waals surface area contributed by atoms with Crippen LogP contribution < -0.4 is 5.73 Å². The summed E-state index contributed by atoms with van der Waals surface area (Å²) in [5.74, 6) is -0.756. The summed E-state index contributed by atoms with van der Waals surface area (Å²) < 4.78 is 20.1. The number of nitrogens with zero attached hydrogens (tertiary/aromatic N) is 2. The van der Waals surface area contributed by atoms with E-state index < -0.39 is 5.97 Å². The summed E-state index contributed by atoms with van der Waals surface area (Å²) in [6.45, 7) is 5.47. The van der Waals surface area contributed by atoms with Gasteiger partial charge in [0.05, 0.1) is 24.1 Å². The summed E-state index contributed by atoms with van der Waals surface area (Å²) >= 11 is 0. The number of hydrogen-bond acceptors (Lipinski definition) is 4. The van der Waals surface area contributed by atoms with E-state index in [0.29, 0.717) is 29.0 Å². The molecule has 0 amide bonds. The van der Waals surface area contributed by atoms with Crippen molar-refractivity contribution in [2.75, 3.05) is 6.61 Å². The molecule has 1 aromatic carbocycles. The largest absolute Gasteiger partial charge is 0.462 e. The maximum Gasteiger partial charge on any atom is 0.341 e. The van der Waals surface area contributed by atoms with Crippen LogP contribution in [0.5, 0.6) is 0 Å². The van der Waals surface area contributed by atoms with E-state index in [0.717, 1.165) is 0 Å². The van der Waals surface area contributed by atoms with Crippen LogP contribution in [0, 0.1) is 12.7 Å². The Morgan fingerprint density at radius 2 is 2.24 bits per heavy atom. The second-order valence-corrected chi connectivity index (χ2v) is 4.84. The Bertz CT molecular complexity index is 665. The zero-order chi connectivity index (χ0) is 15.6. The third kappa shape index (κ3) is 3.11. The van der Waals surface area contributed by atoms with Gasteiger partial charge in [-0.15, -0.1) is 0 Å². The number of hydrogen-bond donors (Lipinski definition) is 1. The van der Waals surface area contributed by atoms with Crippen molar-refractivity contribution in [2.24, 2.45) is 5.73 Å². The fourth-order valence-corrected chi connectivity index (χ4v) is 2.02. The molecule has 1 heterocycles. The van der Waals surface area contributed by atoms with Crippen LogP contribution in [-0.2, 0) is 4.74 Å². The van der Waals surface area contributed by atoms with E-state index in [2.05, 4.69) is 5.10 Å².